The fourth-order valence-corrected chi connectivity index (χ4v) is 7.92. The zero-order chi connectivity index (χ0) is 24.8. The van der Waals surface area contributed by atoms with E-state index in [4.69, 9.17) is 0 Å². The van der Waals surface area contributed by atoms with Crippen molar-refractivity contribution < 1.29 is 0 Å². The first-order chi connectivity index (χ1) is 17.9. The molecule has 2 aliphatic rings. The summed E-state index contributed by atoms with van der Waals surface area (Å²) in [5.74, 6) is 0. The molecule has 2 aromatic heterocycles. The van der Waals surface area contributed by atoms with E-state index in [-0.39, 0.29) is 10.8 Å². The minimum absolute atomic E-state index is 0.0195. The second-order valence-electron chi connectivity index (χ2n) is 12.2. The van der Waals surface area contributed by atoms with Crippen LogP contribution in [0.3, 0.4) is 0 Å². The molecule has 7 aromatic rings. The van der Waals surface area contributed by atoms with Crippen molar-refractivity contribution in [3.05, 3.63) is 113 Å². The van der Waals surface area contributed by atoms with Crippen molar-refractivity contribution in [2.24, 2.45) is 0 Å². The maximum Gasteiger partial charge on any atom is 0.0626 e. The molecule has 0 N–H and O–H groups in total. The lowest BCUT2D eigenvalue weighted by molar-refractivity contribution is 0.661. The van der Waals surface area contributed by atoms with Crippen molar-refractivity contribution in [3.63, 3.8) is 0 Å². The summed E-state index contributed by atoms with van der Waals surface area (Å²) in [6, 6.07) is 34.6. The molecule has 0 fully saturated rings. The molecule has 0 bridgehead atoms. The van der Waals surface area contributed by atoms with Gasteiger partial charge >= 0.3 is 0 Å². The van der Waals surface area contributed by atoms with Gasteiger partial charge in [0.05, 0.1) is 16.6 Å². The number of fused-ring (bicyclic) bond motifs is 13. The number of para-hydroxylation sites is 1. The smallest absolute Gasteiger partial charge is 0.0626 e. The minimum atomic E-state index is -0.0338. The molecular weight excluding hydrogens is 446 g/mol. The van der Waals surface area contributed by atoms with Crippen LogP contribution in [0.5, 0.6) is 0 Å². The fourth-order valence-electron chi connectivity index (χ4n) is 7.92. The quantitative estimate of drug-likeness (QED) is 0.207. The highest BCUT2D eigenvalue weighted by molar-refractivity contribution is 6.29. The predicted octanol–water partition coefficient (Wildman–Crippen LogP) is 9.45. The monoisotopic (exact) mass is 473 g/mol. The summed E-state index contributed by atoms with van der Waals surface area (Å²) in [4.78, 5) is 0. The van der Waals surface area contributed by atoms with Crippen LogP contribution in [-0.4, -0.2) is 4.40 Å². The Morgan fingerprint density at radius 3 is 1.95 bits per heavy atom. The number of aromatic nitrogens is 1. The second kappa shape index (κ2) is 6.06. The van der Waals surface area contributed by atoms with Gasteiger partial charge in [-0.3, -0.25) is 0 Å². The molecule has 37 heavy (non-hydrogen) atoms. The van der Waals surface area contributed by atoms with E-state index in [1.54, 1.807) is 0 Å². The Labute approximate surface area is 216 Å². The number of hydrogen-bond donors (Lipinski definition) is 0. The predicted molar refractivity (Wildman–Crippen MR) is 156 cm³/mol. The van der Waals surface area contributed by atoms with E-state index >= 15 is 0 Å². The number of hydrogen-bond acceptors (Lipinski definition) is 0. The molecule has 1 nitrogen and oxygen atoms in total. The van der Waals surface area contributed by atoms with Gasteiger partial charge in [-0.05, 0) is 68.8 Å². The molecule has 0 amide bonds. The van der Waals surface area contributed by atoms with Crippen LogP contribution in [0, 0.1) is 0 Å². The summed E-state index contributed by atoms with van der Waals surface area (Å²) in [5.41, 5.74) is 15.3. The summed E-state index contributed by atoms with van der Waals surface area (Å²) < 4.78 is 2.56. The SMILES string of the molecule is CC1(C)c2ccccc2-c2cc3c4c5c(cc6c7ccccc7n(c3cc21)c64)C(C)(C)c1ccccc1-5. The number of benzene rings is 5. The summed E-state index contributed by atoms with van der Waals surface area (Å²) in [6.07, 6.45) is 0. The van der Waals surface area contributed by atoms with Crippen molar-refractivity contribution in [1.29, 1.82) is 0 Å². The molecule has 2 aliphatic carbocycles. The van der Waals surface area contributed by atoms with Gasteiger partial charge in [0.1, 0.15) is 0 Å². The Morgan fingerprint density at radius 1 is 0.486 bits per heavy atom. The molecule has 9 rings (SSSR count). The Morgan fingerprint density at radius 2 is 1.14 bits per heavy atom. The van der Waals surface area contributed by atoms with Crippen molar-refractivity contribution >= 4 is 38.1 Å². The lowest BCUT2D eigenvalue weighted by Gasteiger charge is -2.21. The minimum Gasteiger partial charge on any atom is -0.308 e. The third kappa shape index (κ3) is 2.09. The molecule has 0 aliphatic heterocycles. The van der Waals surface area contributed by atoms with Crippen LogP contribution in [0.15, 0.2) is 91.0 Å². The van der Waals surface area contributed by atoms with Gasteiger partial charge in [0, 0.05) is 32.4 Å². The van der Waals surface area contributed by atoms with E-state index in [0.717, 1.165) is 0 Å². The van der Waals surface area contributed by atoms with Crippen molar-refractivity contribution in [1.82, 2.24) is 4.40 Å². The van der Waals surface area contributed by atoms with Crippen LogP contribution >= 0.6 is 0 Å². The molecule has 1 heteroatoms. The van der Waals surface area contributed by atoms with E-state index in [1.807, 2.05) is 0 Å². The standard InChI is InChI=1S/C36H27N/c1-35(2)26-14-8-5-11-20(26)23-17-25-31(19-28(23)35)37-30-16-10-7-12-21(30)24-18-29-32(33(25)34(24)37)22-13-6-9-15-27(22)36(29,3)4/h5-19H,1-4H3. The van der Waals surface area contributed by atoms with Crippen molar-refractivity contribution in [3.8, 4) is 22.3 Å². The number of rotatable bonds is 0. The molecule has 0 unspecified atom stereocenters. The highest BCUT2D eigenvalue weighted by atomic mass is 14.9. The van der Waals surface area contributed by atoms with Crippen molar-refractivity contribution in [2.45, 2.75) is 38.5 Å². The van der Waals surface area contributed by atoms with Gasteiger partial charge < -0.3 is 4.40 Å². The van der Waals surface area contributed by atoms with E-state index in [1.165, 1.54) is 82.6 Å². The molecule has 176 valence electrons. The van der Waals surface area contributed by atoms with Crippen LogP contribution < -0.4 is 0 Å². The first-order valence-corrected chi connectivity index (χ1v) is 13.4. The Balaban J connectivity index is 1.58. The van der Waals surface area contributed by atoms with E-state index < -0.39 is 0 Å². The van der Waals surface area contributed by atoms with E-state index in [9.17, 15) is 0 Å². The fraction of sp³-hybridized carbons (Fsp3) is 0.167. The maximum absolute atomic E-state index is 2.56. The topological polar surface area (TPSA) is 4.41 Å². The van der Waals surface area contributed by atoms with Gasteiger partial charge in [0.15, 0.2) is 0 Å². The lowest BCUT2D eigenvalue weighted by Crippen LogP contribution is -2.14. The Bertz CT molecular complexity index is 2130. The highest BCUT2D eigenvalue weighted by Crippen LogP contribution is 2.57. The van der Waals surface area contributed by atoms with Crippen LogP contribution in [0.25, 0.3) is 60.3 Å². The van der Waals surface area contributed by atoms with Gasteiger partial charge in [0.2, 0.25) is 0 Å². The first-order valence-electron chi connectivity index (χ1n) is 13.4. The summed E-state index contributed by atoms with van der Waals surface area (Å²) in [6.45, 7) is 9.55. The molecule has 0 spiro atoms. The van der Waals surface area contributed by atoms with Crippen LogP contribution in [0.2, 0.25) is 0 Å². The largest absolute Gasteiger partial charge is 0.308 e. The normalized spacial score (nSPS) is 16.5. The molecular formula is C36H27N. The average Bonchev–Trinajstić information content (AvgIpc) is 3.56. The molecule has 5 aromatic carbocycles. The van der Waals surface area contributed by atoms with Crippen LogP contribution in [-0.2, 0) is 10.8 Å². The molecule has 0 saturated heterocycles. The highest BCUT2D eigenvalue weighted by Gasteiger charge is 2.40. The van der Waals surface area contributed by atoms with Gasteiger partial charge in [-0.15, -0.1) is 0 Å². The van der Waals surface area contributed by atoms with Gasteiger partial charge in [-0.1, -0.05) is 94.4 Å². The van der Waals surface area contributed by atoms with E-state index in [0.29, 0.717) is 0 Å². The van der Waals surface area contributed by atoms with Gasteiger partial charge in [0.25, 0.3) is 0 Å². The maximum atomic E-state index is 2.56. The molecule has 2 heterocycles. The average molecular weight is 474 g/mol. The van der Waals surface area contributed by atoms with E-state index in [2.05, 4.69) is 123 Å². The molecule has 0 radical (unpaired) electrons. The van der Waals surface area contributed by atoms with Crippen molar-refractivity contribution in [2.75, 3.05) is 0 Å². The Hall–Kier alpha value is -4.10. The summed E-state index contributed by atoms with van der Waals surface area (Å²) in [7, 11) is 0. The Kier molecular flexibility index (Phi) is 3.28. The van der Waals surface area contributed by atoms with Gasteiger partial charge in [-0.2, -0.15) is 0 Å². The number of nitrogens with zero attached hydrogens (tertiary/aromatic N) is 1. The third-order valence-corrected chi connectivity index (χ3v) is 9.71. The second-order valence-corrected chi connectivity index (χ2v) is 12.2. The molecule has 0 atom stereocenters. The van der Waals surface area contributed by atoms with Gasteiger partial charge in [-0.25, -0.2) is 0 Å². The van der Waals surface area contributed by atoms with Crippen LogP contribution in [0.4, 0.5) is 0 Å². The third-order valence-electron chi connectivity index (χ3n) is 9.71. The zero-order valence-corrected chi connectivity index (χ0v) is 21.6. The summed E-state index contributed by atoms with van der Waals surface area (Å²) in [5, 5.41) is 5.52. The molecule has 0 saturated carbocycles. The van der Waals surface area contributed by atoms with Crippen LogP contribution in [0.1, 0.15) is 49.9 Å². The lowest BCUT2D eigenvalue weighted by atomic mass is 9.81. The first kappa shape index (κ1) is 20.0. The summed E-state index contributed by atoms with van der Waals surface area (Å²) >= 11 is 0. The zero-order valence-electron chi connectivity index (χ0n) is 21.6.